The summed E-state index contributed by atoms with van der Waals surface area (Å²) in [5.41, 5.74) is 1.33. The first-order valence-electron chi connectivity index (χ1n) is 10.9. The lowest BCUT2D eigenvalue weighted by Gasteiger charge is -2.39. The minimum Gasteiger partial charge on any atom is -0.382 e. The van der Waals surface area contributed by atoms with Gasteiger partial charge in [-0.25, -0.2) is 0 Å². The third-order valence-electron chi connectivity index (χ3n) is 5.00. The number of methoxy groups -OCH3 is 3. The van der Waals surface area contributed by atoms with E-state index in [2.05, 4.69) is 30.3 Å². The molecular formula is C23H42NO6+. The summed E-state index contributed by atoms with van der Waals surface area (Å²) >= 11 is 0. The van der Waals surface area contributed by atoms with E-state index in [0.717, 1.165) is 43.7 Å². The molecule has 0 heterocycles. The van der Waals surface area contributed by atoms with Crippen LogP contribution in [0.5, 0.6) is 0 Å². The Bertz CT molecular complexity index is 474. The Kier molecular flexibility index (Phi) is 16.8. The van der Waals surface area contributed by atoms with Crippen LogP contribution < -0.4 is 0 Å². The van der Waals surface area contributed by atoms with Crippen molar-refractivity contribution in [2.75, 3.05) is 100 Å². The van der Waals surface area contributed by atoms with Crippen LogP contribution in [0.4, 0.5) is 0 Å². The smallest absolute Gasteiger partial charge is 0.104 e. The zero-order chi connectivity index (χ0) is 21.8. The highest BCUT2D eigenvalue weighted by Gasteiger charge is 2.27. The van der Waals surface area contributed by atoms with Gasteiger partial charge in [0.2, 0.25) is 0 Å². The van der Waals surface area contributed by atoms with E-state index in [4.69, 9.17) is 28.4 Å². The first-order chi connectivity index (χ1) is 14.8. The van der Waals surface area contributed by atoms with Crippen LogP contribution >= 0.6 is 0 Å². The molecule has 174 valence electrons. The molecule has 0 aliphatic carbocycles. The minimum atomic E-state index is 0.617. The number of ether oxygens (including phenoxy) is 6. The van der Waals surface area contributed by atoms with Gasteiger partial charge in [0.1, 0.15) is 19.6 Å². The Labute approximate surface area is 182 Å². The van der Waals surface area contributed by atoms with Crippen molar-refractivity contribution >= 4 is 0 Å². The number of quaternary nitrogens is 1. The Morgan fingerprint density at radius 2 is 1.07 bits per heavy atom. The maximum atomic E-state index is 5.82. The summed E-state index contributed by atoms with van der Waals surface area (Å²) in [5.74, 6) is 0. The van der Waals surface area contributed by atoms with Gasteiger partial charge in [-0.1, -0.05) is 30.3 Å². The largest absolute Gasteiger partial charge is 0.382 e. The molecule has 0 radical (unpaired) electrons. The number of hydrogen-bond donors (Lipinski definition) is 0. The van der Waals surface area contributed by atoms with Gasteiger partial charge in [-0.2, -0.15) is 0 Å². The molecule has 0 fully saturated rings. The minimum absolute atomic E-state index is 0.617. The maximum absolute atomic E-state index is 5.82. The third-order valence-corrected chi connectivity index (χ3v) is 5.00. The Balaban J connectivity index is 2.72. The van der Waals surface area contributed by atoms with Gasteiger partial charge in [0.15, 0.2) is 0 Å². The van der Waals surface area contributed by atoms with Gasteiger partial charge < -0.3 is 32.9 Å². The normalized spacial score (nSPS) is 11.8. The van der Waals surface area contributed by atoms with Crippen molar-refractivity contribution in [2.24, 2.45) is 0 Å². The molecule has 0 saturated carbocycles. The standard InChI is InChI=1S/C23H42NO6/c1-25-16-19-28-13-7-10-24(11-14-29-20-17-26-2,12-15-30-21-18-27-3)22-23-8-5-4-6-9-23/h4-6,8-9H,7,10-22H2,1-3H3/q+1. The van der Waals surface area contributed by atoms with Crippen LogP contribution in [-0.4, -0.2) is 105 Å². The van der Waals surface area contributed by atoms with Crippen LogP contribution in [0.15, 0.2) is 30.3 Å². The van der Waals surface area contributed by atoms with Crippen LogP contribution in [0, 0.1) is 0 Å². The summed E-state index contributed by atoms with van der Waals surface area (Å²) in [4.78, 5) is 0. The Morgan fingerprint density at radius 3 is 1.57 bits per heavy atom. The number of nitrogens with zero attached hydrogens (tertiary/aromatic N) is 1. The molecule has 1 aromatic carbocycles. The van der Waals surface area contributed by atoms with Crippen molar-refractivity contribution in [3.05, 3.63) is 35.9 Å². The van der Waals surface area contributed by atoms with Crippen molar-refractivity contribution in [1.29, 1.82) is 0 Å². The molecule has 0 unspecified atom stereocenters. The second-order valence-corrected chi connectivity index (χ2v) is 7.33. The van der Waals surface area contributed by atoms with Gasteiger partial charge >= 0.3 is 0 Å². The number of hydrogen-bond acceptors (Lipinski definition) is 6. The molecule has 0 aromatic heterocycles. The molecule has 0 amide bonds. The third kappa shape index (κ3) is 13.3. The maximum Gasteiger partial charge on any atom is 0.104 e. The van der Waals surface area contributed by atoms with E-state index in [1.807, 2.05) is 0 Å². The fourth-order valence-corrected chi connectivity index (χ4v) is 3.29. The predicted molar refractivity (Wildman–Crippen MR) is 118 cm³/mol. The molecule has 30 heavy (non-hydrogen) atoms. The molecule has 0 bridgehead atoms. The first-order valence-corrected chi connectivity index (χ1v) is 10.9. The van der Waals surface area contributed by atoms with Gasteiger partial charge in [-0.05, 0) is 0 Å². The van der Waals surface area contributed by atoms with Gasteiger partial charge in [0.25, 0.3) is 0 Å². The highest BCUT2D eigenvalue weighted by molar-refractivity contribution is 5.13. The number of benzene rings is 1. The monoisotopic (exact) mass is 428 g/mol. The van der Waals surface area contributed by atoms with Crippen LogP contribution in [0.3, 0.4) is 0 Å². The lowest BCUT2D eigenvalue weighted by molar-refractivity contribution is -0.941. The highest BCUT2D eigenvalue weighted by Crippen LogP contribution is 2.16. The fourth-order valence-electron chi connectivity index (χ4n) is 3.29. The van der Waals surface area contributed by atoms with E-state index in [-0.39, 0.29) is 0 Å². The van der Waals surface area contributed by atoms with Crippen LogP contribution in [-0.2, 0) is 35.0 Å². The topological polar surface area (TPSA) is 55.4 Å². The molecule has 0 atom stereocenters. The molecule has 1 rings (SSSR count). The van der Waals surface area contributed by atoms with Gasteiger partial charge in [-0.15, -0.1) is 0 Å². The zero-order valence-corrected chi connectivity index (χ0v) is 19.2. The molecule has 0 aliphatic heterocycles. The van der Waals surface area contributed by atoms with E-state index >= 15 is 0 Å². The van der Waals surface area contributed by atoms with E-state index in [1.54, 1.807) is 21.3 Å². The number of rotatable bonds is 21. The van der Waals surface area contributed by atoms with E-state index in [9.17, 15) is 0 Å². The summed E-state index contributed by atoms with van der Waals surface area (Å²) in [6.07, 6.45) is 0.979. The Morgan fingerprint density at radius 1 is 0.567 bits per heavy atom. The molecule has 0 saturated heterocycles. The van der Waals surface area contributed by atoms with Gasteiger partial charge in [0.05, 0.1) is 66.0 Å². The summed E-state index contributed by atoms with van der Waals surface area (Å²) < 4.78 is 33.5. The zero-order valence-electron chi connectivity index (χ0n) is 19.2. The Hall–Kier alpha value is -1.06. The first kappa shape index (κ1) is 27.0. The highest BCUT2D eigenvalue weighted by atomic mass is 16.5. The van der Waals surface area contributed by atoms with Crippen molar-refractivity contribution in [2.45, 2.75) is 13.0 Å². The lowest BCUT2D eigenvalue weighted by Crippen LogP contribution is -2.52. The van der Waals surface area contributed by atoms with Gasteiger partial charge in [-0.3, -0.25) is 0 Å². The van der Waals surface area contributed by atoms with Gasteiger partial charge in [0, 0.05) is 33.3 Å². The molecule has 1 aromatic rings. The molecule has 7 nitrogen and oxygen atoms in total. The molecule has 0 spiro atoms. The summed E-state index contributed by atoms with van der Waals surface area (Å²) in [7, 11) is 5.08. The SMILES string of the molecule is COCCOCCC[N+](CCOCCOC)(CCOCCOC)Cc1ccccc1. The second-order valence-electron chi connectivity index (χ2n) is 7.33. The van der Waals surface area contributed by atoms with E-state index < -0.39 is 0 Å². The summed E-state index contributed by atoms with van der Waals surface area (Å²) in [6.45, 7) is 9.64. The van der Waals surface area contributed by atoms with Crippen molar-refractivity contribution in [1.82, 2.24) is 0 Å². The molecule has 7 heteroatoms. The predicted octanol–water partition coefficient (Wildman–Crippen LogP) is 2.38. The summed E-state index contributed by atoms with van der Waals surface area (Å²) in [6, 6.07) is 10.6. The van der Waals surface area contributed by atoms with Crippen molar-refractivity contribution < 1.29 is 32.9 Å². The quantitative estimate of drug-likeness (QED) is 0.221. The van der Waals surface area contributed by atoms with Crippen LogP contribution in [0.25, 0.3) is 0 Å². The van der Waals surface area contributed by atoms with Crippen molar-refractivity contribution in [3.8, 4) is 0 Å². The average molecular weight is 429 g/mol. The van der Waals surface area contributed by atoms with Crippen LogP contribution in [0.1, 0.15) is 12.0 Å². The van der Waals surface area contributed by atoms with Crippen LogP contribution in [0.2, 0.25) is 0 Å². The van der Waals surface area contributed by atoms with E-state index in [1.165, 1.54) is 5.56 Å². The lowest BCUT2D eigenvalue weighted by atomic mass is 10.1. The van der Waals surface area contributed by atoms with E-state index in [0.29, 0.717) is 52.9 Å². The molecular weight excluding hydrogens is 386 g/mol. The van der Waals surface area contributed by atoms with Crippen molar-refractivity contribution in [3.63, 3.8) is 0 Å². The summed E-state index contributed by atoms with van der Waals surface area (Å²) in [5, 5.41) is 0. The fraction of sp³-hybridized carbons (Fsp3) is 0.739. The molecule has 0 N–H and O–H groups in total. The molecule has 0 aliphatic rings. The average Bonchev–Trinajstić information content (AvgIpc) is 2.76. The second kappa shape index (κ2) is 18.7.